The van der Waals surface area contributed by atoms with Gasteiger partial charge in [0.25, 0.3) is 0 Å². The highest BCUT2D eigenvalue weighted by Crippen LogP contribution is 2.28. The van der Waals surface area contributed by atoms with Crippen LogP contribution >= 0.6 is 11.8 Å². The van der Waals surface area contributed by atoms with Gasteiger partial charge < -0.3 is 14.7 Å². The van der Waals surface area contributed by atoms with Crippen LogP contribution in [0.15, 0.2) is 23.1 Å². The predicted molar refractivity (Wildman–Crippen MR) is 77.4 cm³/mol. The van der Waals surface area contributed by atoms with Crippen molar-refractivity contribution in [2.24, 2.45) is 0 Å². The lowest BCUT2D eigenvalue weighted by molar-refractivity contribution is 0.163. The van der Waals surface area contributed by atoms with E-state index in [9.17, 15) is 5.11 Å². The van der Waals surface area contributed by atoms with Gasteiger partial charge in [0, 0.05) is 18.0 Å². The van der Waals surface area contributed by atoms with Gasteiger partial charge in [-0.15, -0.1) is 11.8 Å². The smallest absolute Gasteiger partial charge is 0.132 e. The number of rotatable bonds is 7. The summed E-state index contributed by atoms with van der Waals surface area (Å²) < 4.78 is 5.38. The minimum Gasteiger partial charge on any atom is -0.496 e. The van der Waals surface area contributed by atoms with Crippen LogP contribution in [-0.4, -0.2) is 43.1 Å². The molecule has 0 saturated carbocycles. The molecule has 4 heteroatoms. The Morgan fingerprint density at radius 3 is 2.72 bits per heavy atom. The highest BCUT2D eigenvalue weighted by molar-refractivity contribution is 7.98. The molecule has 0 amide bonds. The number of benzene rings is 1. The van der Waals surface area contributed by atoms with Crippen LogP contribution < -0.4 is 4.74 Å². The molecule has 1 atom stereocenters. The maximum absolute atomic E-state index is 9.27. The second-order valence-electron chi connectivity index (χ2n) is 4.56. The van der Waals surface area contributed by atoms with Crippen LogP contribution in [-0.2, 0) is 6.54 Å². The highest BCUT2D eigenvalue weighted by Gasteiger charge is 2.06. The van der Waals surface area contributed by atoms with Gasteiger partial charge in [0.05, 0.1) is 13.2 Å². The molecule has 1 unspecified atom stereocenters. The number of methoxy groups -OCH3 is 1. The zero-order valence-corrected chi connectivity index (χ0v) is 12.5. The van der Waals surface area contributed by atoms with Crippen LogP contribution in [0.4, 0.5) is 0 Å². The fraction of sp³-hybridized carbons (Fsp3) is 0.571. The van der Waals surface area contributed by atoms with Crippen molar-refractivity contribution < 1.29 is 9.84 Å². The molecule has 1 aromatic rings. The molecule has 1 aromatic carbocycles. The second kappa shape index (κ2) is 7.67. The summed E-state index contributed by atoms with van der Waals surface area (Å²) in [4.78, 5) is 3.37. The fourth-order valence-electron chi connectivity index (χ4n) is 1.78. The first-order valence-electron chi connectivity index (χ1n) is 6.14. The maximum Gasteiger partial charge on any atom is 0.132 e. The van der Waals surface area contributed by atoms with Crippen LogP contribution in [0.5, 0.6) is 5.75 Å². The number of ether oxygens (including phenoxy) is 1. The molecule has 0 spiro atoms. The Bertz CT molecular complexity index is 369. The van der Waals surface area contributed by atoms with E-state index < -0.39 is 0 Å². The second-order valence-corrected chi connectivity index (χ2v) is 5.41. The van der Waals surface area contributed by atoms with Crippen molar-refractivity contribution in [1.29, 1.82) is 0 Å². The van der Waals surface area contributed by atoms with Crippen LogP contribution in [0.25, 0.3) is 0 Å². The average molecular weight is 269 g/mol. The molecule has 0 bridgehead atoms. The van der Waals surface area contributed by atoms with E-state index in [1.165, 1.54) is 5.56 Å². The monoisotopic (exact) mass is 269 g/mol. The molecule has 0 aliphatic carbocycles. The van der Waals surface area contributed by atoms with Gasteiger partial charge in [-0.2, -0.15) is 0 Å². The van der Waals surface area contributed by atoms with E-state index in [0.29, 0.717) is 0 Å². The summed E-state index contributed by atoms with van der Waals surface area (Å²) >= 11 is 1.69. The quantitative estimate of drug-likeness (QED) is 0.771. The Hall–Kier alpha value is -0.710. The third-order valence-electron chi connectivity index (χ3n) is 2.83. The lowest BCUT2D eigenvalue weighted by Crippen LogP contribution is -2.22. The summed E-state index contributed by atoms with van der Waals surface area (Å²) in [6.45, 7) is 3.59. The first-order valence-corrected chi connectivity index (χ1v) is 7.36. The Morgan fingerprint density at radius 2 is 2.17 bits per heavy atom. The van der Waals surface area contributed by atoms with Gasteiger partial charge in [-0.1, -0.05) is 6.07 Å². The van der Waals surface area contributed by atoms with E-state index in [2.05, 4.69) is 30.1 Å². The average Bonchev–Trinajstić information content (AvgIpc) is 2.36. The van der Waals surface area contributed by atoms with Gasteiger partial charge >= 0.3 is 0 Å². The molecule has 0 heterocycles. The molecule has 1 N–H and O–H groups in total. The van der Waals surface area contributed by atoms with E-state index in [-0.39, 0.29) is 6.10 Å². The number of hydrogen-bond acceptors (Lipinski definition) is 4. The third kappa shape index (κ3) is 4.88. The topological polar surface area (TPSA) is 32.7 Å². The lowest BCUT2D eigenvalue weighted by atomic mass is 10.2. The molecular formula is C14H23NO2S. The fourth-order valence-corrected chi connectivity index (χ4v) is 2.32. The van der Waals surface area contributed by atoms with Crippen molar-refractivity contribution in [1.82, 2.24) is 4.90 Å². The van der Waals surface area contributed by atoms with E-state index in [1.807, 2.05) is 13.2 Å². The van der Waals surface area contributed by atoms with Crippen molar-refractivity contribution in [2.75, 3.05) is 27.0 Å². The van der Waals surface area contributed by atoms with Gasteiger partial charge in [-0.05, 0) is 44.3 Å². The molecule has 1 rings (SSSR count). The molecule has 102 valence electrons. The third-order valence-corrected chi connectivity index (χ3v) is 3.61. The van der Waals surface area contributed by atoms with Gasteiger partial charge in [-0.3, -0.25) is 0 Å². The molecule has 3 nitrogen and oxygen atoms in total. The number of thioether (sulfide) groups is 1. The van der Waals surface area contributed by atoms with Gasteiger partial charge in [0.15, 0.2) is 0 Å². The van der Waals surface area contributed by atoms with E-state index in [4.69, 9.17) is 4.74 Å². The molecule has 18 heavy (non-hydrogen) atoms. The number of hydrogen-bond donors (Lipinski definition) is 1. The highest BCUT2D eigenvalue weighted by atomic mass is 32.2. The standard InChI is InChI=1S/C14H23NO2S/c1-11(16)7-8-15(2)10-12-5-6-14(18-4)13(9-12)17-3/h5-6,9,11,16H,7-8,10H2,1-4H3. The minimum atomic E-state index is -0.235. The van der Waals surface area contributed by atoms with Crippen molar-refractivity contribution in [2.45, 2.75) is 30.9 Å². The summed E-state index contributed by atoms with van der Waals surface area (Å²) in [5, 5.41) is 9.27. The Balaban J connectivity index is 2.61. The molecular weight excluding hydrogens is 246 g/mol. The number of aliphatic hydroxyl groups excluding tert-OH is 1. The molecule has 0 aliphatic rings. The molecule has 0 aliphatic heterocycles. The number of aliphatic hydroxyl groups is 1. The Morgan fingerprint density at radius 1 is 1.44 bits per heavy atom. The van der Waals surface area contributed by atoms with Crippen molar-refractivity contribution in [3.8, 4) is 5.75 Å². The van der Waals surface area contributed by atoms with Crippen molar-refractivity contribution >= 4 is 11.8 Å². The summed E-state index contributed by atoms with van der Waals surface area (Å²) in [7, 11) is 3.77. The molecule has 0 fully saturated rings. The normalized spacial score (nSPS) is 12.8. The Kier molecular flexibility index (Phi) is 6.54. The predicted octanol–water partition coefficient (Wildman–Crippen LogP) is 2.62. The van der Waals surface area contributed by atoms with Crippen LogP contribution in [0, 0.1) is 0 Å². The van der Waals surface area contributed by atoms with Gasteiger partial charge in [0.2, 0.25) is 0 Å². The minimum absolute atomic E-state index is 0.235. The van der Waals surface area contributed by atoms with E-state index in [0.717, 1.165) is 30.2 Å². The summed E-state index contributed by atoms with van der Waals surface area (Å²) in [5.41, 5.74) is 1.23. The molecule has 0 aromatic heterocycles. The van der Waals surface area contributed by atoms with Gasteiger partial charge in [0.1, 0.15) is 5.75 Å². The zero-order valence-electron chi connectivity index (χ0n) is 11.6. The molecule has 0 saturated heterocycles. The number of nitrogens with zero attached hydrogens (tertiary/aromatic N) is 1. The van der Waals surface area contributed by atoms with Crippen LogP contribution in [0.3, 0.4) is 0 Å². The summed E-state index contributed by atoms with van der Waals surface area (Å²) in [6, 6.07) is 6.32. The van der Waals surface area contributed by atoms with Crippen molar-refractivity contribution in [3.63, 3.8) is 0 Å². The maximum atomic E-state index is 9.27. The lowest BCUT2D eigenvalue weighted by Gasteiger charge is -2.18. The SMILES string of the molecule is COc1cc(CN(C)CCC(C)O)ccc1SC. The van der Waals surface area contributed by atoms with Crippen LogP contribution in [0.2, 0.25) is 0 Å². The van der Waals surface area contributed by atoms with Crippen LogP contribution in [0.1, 0.15) is 18.9 Å². The first-order chi connectivity index (χ1) is 8.56. The van der Waals surface area contributed by atoms with E-state index >= 15 is 0 Å². The zero-order chi connectivity index (χ0) is 13.5. The Labute approximate surface area is 114 Å². The molecule has 0 radical (unpaired) electrons. The largest absolute Gasteiger partial charge is 0.496 e. The van der Waals surface area contributed by atoms with E-state index in [1.54, 1.807) is 18.9 Å². The summed E-state index contributed by atoms with van der Waals surface area (Å²) in [6.07, 6.45) is 2.61. The first kappa shape index (κ1) is 15.3. The van der Waals surface area contributed by atoms with Gasteiger partial charge in [-0.25, -0.2) is 0 Å². The van der Waals surface area contributed by atoms with Crippen molar-refractivity contribution in [3.05, 3.63) is 23.8 Å². The summed E-state index contributed by atoms with van der Waals surface area (Å²) in [5.74, 6) is 0.934.